The molecule has 0 spiro atoms. The van der Waals surface area contributed by atoms with E-state index < -0.39 is 0 Å². The molecule has 0 aromatic heterocycles. The van der Waals surface area contributed by atoms with Crippen molar-refractivity contribution in [2.45, 2.75) is 13.3 Å². The molecule has 0 aromatic carbocycles. The summed E-state index contributed by atoms with van der Waals surface area (Å²) in [4.78, 5) is 8.22. The number of hydroxylamine groups is 2. The van der Waals surface area contributed by atoms with Gasteiger partial charge in [0, 0.05) is 19.5 Å². The highest BCUT2D eigenvalue weighted by Crippen LogP contribution is 1.90. The molecule has 10 heavy (non-hydrogen) atoms. The van der Waals surface area contributed by atoms with Gasteiger partial charge in [0.25, 0.3) is 0 Å². The predicted molar refractivity (Wildman–Crippen MR) is 40.3 cm³/mol. The minimum absolute atomic E-state index is 0.597. The van der Waals surface area contributed by atoms with E-state index in [1.165, 1.54) is 0 Å². The molecule has 0 heterocycles. The van der Waals surface area contributed by atoms with Gasteiger partial charge in [0.05, 0.1) is 7.11 Å². The standard InChI is InChI=1S/C7H14N2O/c1-4-9(10-3)7-5-6-8-2/h4-7H2,1,3H3. The predicted octanol–water partition coefficient (Wildman–Crippen LogP) is 1.18. The zero-order valence-electron chi connectivity index (χ0n) is 6.63. The van der Waals surface area contributed by atoms with E-state index in [0.29, 0.717) is 6.54 Å². The van der Waals surface area contributed by atoms with E-state index in [9.17, 15) is 0 Å². The lowest BCUT2D eigenvalue weighted by Gasteiger charge is -2.14. The van der Waals surface area contributed by atoms with Gasteiger partial charge in [0.15, 0.2) is 0 Å². The van der Waals surface area contributed by atoms with Crippen LogP contribution in [0.2, 0.25) is 0 Å². The molecule has 3 heteroatoms. The zero-order valence-corrected chi connectivity index (χ0v) is 6.63. The Morgan fingerprint density at radius 2 is 2.30 bits per heavy atom. The highest BCUT2D eigenvalue weighted by molar-refractivity contribution is 4.58. The van der Waals surface area contributed by atoms with Crippen LogP contribution in [0.15, 0.2) is 0 Å². The molecular weight excluding hydrogens is 128 g/mol. The number of hydrogen-bond acceptors (Lipinski definition) is 2. The van der Waals surface area contributed by atoms with Gasteiger partial charge in [-0.1, -0.05) is 6.92 Å². The lowest BCUT2D eigenvalue weighted by Crippen LogP contribution is -2.23. The quantitative estimate of drug-likeness (QED) is 0.325. The average molecular weight is 142 g/mol. The van der Waals surface area contributed by atoms with Crippen LogP contribution in [0.3, 0.4) is 0 Å². The van der Waals surface area contributed by atoms with Crippen LogP contribution in [-0.4, -0.2) is 31.8 Å². The molecule has 0 radical (unpaired) electrons. The second-order valence-electron chi connectivity index (χ2n) is 1.94. The molecule has 0 saturated heterocycles. The van der Waals surface area contributed by atoms with Crippen LogP contribution in [0.25, 0.3) is 4.85 Å². The first kappa shape index (κ1) is 9.41. The third-order valence-corrected chi connectivity index (χ3v) is 1.29. The highest BCUT2D eigenvalue weighted by atomic mass is 16.7. The van der Waals surface area contributed by atoms with Crippen LogP contribution in [0.1, 0.15) is 13.3 Å². The van der Waals surface area contributed by atoms with E-state index in [4.69, 9.17) is 11.4 Å². The summed E-state index contributed by atoms with van der Waals surface area (Å²) in [5, 5.41) is 1.84. The molecule has 3 nitrogen and oxygen atoms in total. The first-order chi connectivity index (χ1) is 4.85. The number of rotatable bonds is 5. The Kier molecular flexibility index (Phi) is 6.14. The second-order valence-corrected chi connectivity index (χ2v) is 1.94. The number of hydrogen-bond donors (Lipinski definition) is 0. The van der Waals surface area contributed by atoms with E-state index in [2.05, 4.69) is 4.85 Å². The molecule has 0 aromatic rings. The van der Waals surface area contributed by atoms with Gasteiger partial charge in [-0.15, -0.1) is 0 Å². The van der Waals surface area contributed by atoms with Gasteiger partial charge in [-0.05, 0) is 0 Å². The molecule has 0 fully saturated rings. The van der Waals surface area contributed by atoms with Gasteiger partial charge < -0.3 is 9.68 Å². The van der Waals surface area contributed by atoms with Crippen molar-refractivity contribution in [3.8, 4) is 0 Å². The second kappa shape index (κ2) is 6.53. The van der Waals surface area contributed by atoms with Crippen LogP contribution in [0.4, 0.5) is 0 Å². The van der Waals surface area contributed by atoms with Gasteiger partial charge in [0.1, 0.15) is 0 Å². The minimum Gasteiger partial charge on any atom is -0.317 e. The minimum atomic E-state index is 0.597. The third-order valence-electron chi connectivity index (χ3n) is 1.29. The maximum absolute atomic E-state index is 6.53. The van der Waals surface area contributed by atoms with Crippen molar-refractivity contribution in [2.24, 2.45) is 0 Å². The third kappa shape index (κ3) is 4.30. The Bertz CT molecular complexity index is 105. The molecule has 0 atom stereocenters. The molecule has 0 aliphatic carbocycles. The molecule has 0 rings (SSSR count). The smallest absolute Gasteiger partial charge is 0.216 e. The van der Waals surface area contributed by atoms with Gasteiger partial charge in [-0.3, -0.25) is 0 Å². The fraction of sp³-hybridized carbons (Fsp3) is 0.857. The lowest BCUT2D eigenvalue weighted by atomic mass is 10.4. The Morgan fingerprint density at radius 1 is 1.60 bits per heavy atom. The monoisotopic (exact) mass is 142 g/mol. The van der Waals surface area contributed by atoms with Crippen LogP contribution in [0.5, 0.6) is 0 Å². The SMILES string of the molecule is [C-]#[N+]CCCN(CC)OC. The van der Waals surface area contributed by atoms with E-state index in [-0.39, 0.29) is 0 Å². The molecular formula is C7H14N2O. The molecule has 0 aliphatic heterocycles. The molecule has 0 saturated carbocycles. The Hall–Kier alpha value is -0.590. The summed E-state index contributed by atoms with van der Waals surface area (Å²) in [5.74, 6) is 0. The Labute approximate surface area is 62.4 Å². The maximum Gasteiger partial charge on any atom is 0.216 e. The van der Waals surface area contributed by atoms with E-state index in [1.54, 1.807) is 7.11 Å². The van der Waals surface area contributed by atoms with Gasteiger partial charge in [-0.25, -0.2) is 6.57 Å². The van der Waals surface area contributed by atoms with Crippen molar-refractivity contribution in [3.05, 3.63) is 11.4 Å². The summed E-state index contributed by atoms with van der Waals surface area (Å²) in [5.41, 5.74) is 0. The van der Waals surface area contributed by atoms with Crippen molar-refractivity contribution in [1.29, 1.82) is 0 Å². The Morgan fingerprint density at radius 3 is 2.70 bits per heavy atom. The first-order valence-corrected chi connectivity index (χ1v) is 3.47. The highest BCUT2D eigenvalue weighted by Gasteiger charge is 1.98. The molecule has 0 unspecified atom stereocenters. The summed E-state index contributed by atoms with van der Waals surface area (Å²) in [6.45, 7) is 10.9. The summed E-state index contributed by atoms with van der Waals surface area (Å²) in [7, 11) is 1.65. The fourth-order valence-electron chi connectivity index (χ4n) is 0.705. The average Bonchev–Trinajstić information content (AvgIpc) is 1.99. The molecule has 58 valence electrons. The Balaban J connectivity index is 3.19. The molecule has 0 aliphatic rings. The van der Waals surface area contributed by atoms with E-state index in [0.717, 1.165) is 19.5 Å². The zero-order chi connectivity index (χ0) is 7.82. The topological polar surface area (TPSA) is 16.8 Å². The molecule has 0 bridgehead atoms. The van der Waals surface area contributed by atoms with Crippen LogP contribution >= 0.6 is 0 Å². The fourth-order valence-corrected chi connectivity index (χ4v) is 0.705. The summed E-state index contributed by atoms with van der Waals surface area (Å²) < 4.78 is 0. The number of nitrogens with zero attached hydrogens (tertiary/aromatic N) is 2. The van der Waals surface area contributed by atoms with Crippen LogP contribution in [0, 0.1) is 6.57 Å². The van der Waals surface area contributed by atoms with Crippen LogP contribution in [-0.2, 0) is 4.84 Å². The van der Waals surface area contributed by atoms with Crippen molar-refractivity contribution >= 4 is 0 Å². The van der Waals surface area contributed by atoms with E-state index >= 15 is 0 Å². The maximum atomic E-state index is 6.53. The molecule has 0 amide bonds. The normalized spacial score (nSPS) is 9.80. The van der Waals surface area contributed by atoms with Crippen molar-refractivity contribution in [1.82, 2.24) is 5.06 Å². The lowest BCUT2D eigenvalue weighted by molar-refractivity contribution is -0.127. The van der Waals surface area contributed by atoms with Crippen molar-refractivity contribution < 1.29 is 4.84 Å². The largest absolute Gasteiger partial charge is 0.317 e. The van der Waals surface area contributed by atoms with Crippen LogP contribution < -0.4 is 0 Å². The molecule has 0 N–H and O–H groups in total. The van der Waals surface area contributed by atoms with Gasteiger partial charge in [-0.2, -0.15) is 5.06 Å². The van der Waals surface area contributed by atoms with Crippen molar-refractivity contribution in [2.75, 3.05) is 26.7 Å². The van der Waals surface area contributed by atoms with E-state index in [1.807, 2.05) is 12.0 Å². The summed E-state index contributed by atoms with van der Waals surface area (Å²) >= 11 is 0. The summed E-state index contributed by atoms with van der Waals surface area (Å²) in [6, 6.07) is 0. The van der Waals surface area contributed by atoms with Gasteiger partial charge >= 0.3 is 0 Å². The summed E-state index contributed by atoms with van der Waals surface area (Å²) in [6.07, 6.45) is 0.894. The van der Waals surface area contributed by atoms with Crippen molar-refractivity contribution in [3.63, 3.8) is 0 Å². The first-order valence-electron chi connectivity index (χ1n) is 3.47. The van der Waals surface area contributed by atoms with Gasteiger partial charge in [0.2, 0.25) is 6.54 Å².